The molecule has 0 aliphatic heterocycles. The maximum absolute atomic E-state index is 11.0. The highest BCUT2D eigenvalue weighted by Gasteiger charge is 1.94. The molecule has 1 heterocycles. The van der Waals surface area contributed by atoms with Crippen molar-refractivity contribution >= 4 is 16.6 Å². The van der Waals surface area contributed by atoms with Crippen molar-refractivity contribution in [3.05, 3.63) is 51.1 Å². The van der Waals surface area contributed by atoms with Crippen molar-refractivity contribution in [2.75, 3.05) is 0 Å². The first-order valence-corrected chi connectivity index (χ1v) is 3.98. The summed E-state index contributed by atoms with van der Waals surface area (Å²) in [7, 11) is 0. The van der Waals surface area contributed by atoms with Crippen LogP contribution in [-0.4, -0.2) is 4.98 Å². The Hall–Kier alpha value is -2.26. The fourth-order valence-corrected chi connectivity index (χ4v) is 1.25. The van der Waals surface area contributed by atoms with Crippen LogP contribution >= 0.6 is 0 Å². The number of aromatic amines is 1. The van der Waals surface area contributed by atoms with E-state index in [4.69, 9.17) is 5.53 Å². The van der Waals surface area contributed by atoms with E-state index in [1.54, 1.807) is 24.3 Å². The summed E-state index contributed by atoms with van der Waals surface area (Å²) in [5, 5.41) is 4.35. The van der Waals surface area contributed by atoms with Crippen LogP contribution in [0.15, 0.2) is 40.2 Å². The van der Waals surface area contributed by atoms with Gasteiger partial charge >= 0.3 is 0 Å². The summed E-state index contributed by atoms with van der Waals surface area (Å²) in [6.45, 7) is 0. The lowest BCUT2D eigenvalue weighted by Crippen LogP contribution is -2.01. The highest BCUT2D eigenvalue weighted by Crippen LogP contribution is 2.18. The molecule has 0 unspecified atom stereocenters. The summed E-state index contributed by atoms with van der Waals surface area (Å²) in [5.74, 6) is 0. The van der Waals surface area contributed by atoms with Gasteiger partial charge in [0.15, 0.2) is 0 Å². The third-order valence-electron chi connectivity index (χ3n) is 1.87. The standard InChI is InChI=1S/C9H6N4O/c10-13-12-7-3-1-6-2-4-9(14)11-8(6)5-7/h1-5H,(H,11,14). The number of aromatic nitrogens is 1. The summed E-state index contributed by atoms with van der Waals surface area (Å²) in [4.78, 5) is 16.3. The number of rotatable bonds is 1. The topological polar surface area (TPSA) is 81.6 Å². The number of fused-ring (bicyclic) bond motifs is 1. The minimum absolute atomic E-state index is 0.171. The third kappa shape index (κ3) is 1.44. The van der Waals surface area contributed by atoms with E-state index in [0.717, 1.165) is 5.39 Å². The Bertz CT molecular complexity index is 581. The third-order valence-corrected chi connectivity index (χ3v) is 1.87. The van der Waals surface area contributed by atoms with Gasteiger partial charge in [-0.25, -0.2) is 0 Å². The van der Waals surface area contributed by atoms with E-state index in [9.17, 15) is 4.79 Å². The van der Waals surface area contributed by atoms with Gasteiger partial charge in [0.05, 0.1) is 0 Å². The lowest BCUT2D eigenvalue weighted by atomic mass is 10.2. The van der Waals surface area contributed by atoms with Gasteiger partial charge in [-0.2, -0.15) is 0 Å². The molecule has 5 heteroatoms. The summed E-state index contributed by atoms with van der Waals surface area (Å²) < 4.78 is 0. The first-order chi connectivity index (χ1) is 6.79. The van der Waals surface area contributed by atoms with Crippen LogP contribution in [0, 0.1) is 0 Å². The largest absolute Gasteiger partial charge is 0.322 e. The van der Waals surface area contributed by atoms with E-state index < -0.39 is 0 Å². The molecule has 0 aliphatic rings. The molecule has 0 bridgehead atoms. The monoisotopic (exact) mass is 186 g/mol. The maximum Gasteiger partial charge on any atom is 0.248 e. The van der Waals surface area contributed by atoms with Gasteiger partial charge in [0, 0.05) is 22.2 Å². The molecule has 0 aliphatic carbocycles. The van der Waals surface area contributed by atoms with Crippen LogP contribution in [0.1, 0.15) is 0 Å². The summed E-state index contributed by atoms with van der Waals surface area (Å²) in [6, 6.07) is 8.29. The molecule has 0 saturated carbocycles. The molecule has 0 radical (unpaired) electrons. The second-order valence-corrected chi connectivity index (χ2v) is 2.78. The van der Waals surface area contributed by atoms with Crippen LogP contribution < -0.4 is 5.56 Å². The second kappa shape index (κ2) is 3.24. The molecule has 0 fully saturated rings. The highest BCUT2D eigenvalue weighted by molar-refractivity contribution is 5.81. The van der Waals surface area contributed by atoms with Gasteiger partial charge in [-0.3, -0.25) is 4.79 Å². The number of H-pyrrole nitrogens is 1. The van der Waals surface area contributed by atoms with Crippen molar-refractivity contribution in [1.82, 2.24) is 4.98 Å². The van der Waals surface area contributed by atoms with Crippen LogP contribution in [0.5, 0.6) is 0 Å². The van der Waals surface area contributed by atoms with Crippen molar-refractivity contribution in [2.24, 2.45) is 5.11 Å². The van der Waals surface area contributed by atoms with E-state index >= 15 is 0 Å². The Morgan fingerprint density at radius 2 is 2.07 bits per heavy atom. The number of nitrogens with zero attached hydrogens (tertiary/aromatic N) is 3. The van der Waals surface area contributed by atoms with Gasteiger partial charge in [0.1, 0.15) is 0 Å². The van der Waals surface area contributed by atoms with Gasteiger partial charge in [0.2, 0.25) is 5.56 Å². The van der Waals surface area contributed by atoms with E-state index in [-0.39, 0.29) is 5.56 Å². The molecule has 2 rings (SSSR count). The molecule has 68 valence electrons. The average molecular weight is 186 g/mol. The molecule has 1 aromatic carbocycles. The minimum Gasteiger partial charge on any atom is -0.322 e. The molecule has 1 N–H and O–H groups in total. The Balaban J connectivity index is 2.75. The van der Waals surface area contributed by atoms with Crippen LogP contribution in [0.4, 0.5) is 5.69 Å². The van der Waals surface area contributed by atoms with Gasteiger partial charge < -0.3 is 4.98 Å². The van der Waals surface area contributed by atoms with Gasteiger partial charge in [-0.1, -0.05) is 17.2 Å². The van der Waals surface area contributed by atoms with Crippen LogP contribution in [-0.2, 0) is 0 Å². The molecular weight excluding hydrogens is 180 g/mol. The predicted octanol–water partition coefficient (Wildman–Crippen LogP) is 2.47. The number of benzene rings is 1. The fourth-order valence-electron chi connectivity index (χ4n) is 1.25. The number of pyridine rings is 1. The highest BCUT2D eigenvalue weighted by atomic mass is 16.1. The first-order valence-electron chi connectivity index (χ1n) is 3.98. The molecule has 14 heavy (non-hydrogen) atoms. The molecule has 1 aromatic heterocycles. The van der Waals surface area contributed by atoms with Crippen molar-refractivity contribution in [3.8, 4) is 0 Å². The Morgan fingerprint density at radius 1 is 1.29 bits per heavy atom. The zero-order valence-corrected chi connectivity index (χ0v) is 7.14. The van der Waals surface area contributed by atoms with E-state index in [2.05, 4.69) is 15.0 Å². The number of hydrogen-bond donors (Lipinski definition) is 1. The molecule has 0 spiro atoms. The SMILES string of the molecule is [N-]=[N+]=Nc1ccc2ccc(=O)[nH]c2c1. The van der Waals surface area contributed by atoms with Gasteiger partial charge in [-0.15, -0.1) is 0 Å². The maximum atomic E-state index is 11.0. The zero-order chi connectivity index (χ0) is 9.97. The molecule has 5 nitrogen and oxygen atoms in total. The van der Waals surface area contributed by atoms with Crippen LogP contribution in [0.2, 0.25) is 0 Å². The van der Waals surface area contributed by atoms with E-state index in [0.29, 0.717) is 11.2 Å². The molecule has 2 aromatic rings. The Kier molecular flexibility index (Phi) is 1.93. The van der Waals surface area contributed by atoms with E-state index in [1.807, 2.05) is 0 Å². The van der Waals surface area contributed by atoms with Crippen molar-refractivity contribution in [2.45, 2.75) is 0 Å². The van der Waals surface area contributed by atoms with Crippen molar-refractivity contribution in [3.63, 3.8) is 0 Å². The summed E-state index contributed by atoms with van der Waals surface area (Å²) >= 11 is 0. The second-order valence-electron chi connectivity index (χ2n) is 2.78. The molecular formula is C9H6N4O. The Labute approximate surface area is 78.6 Å². The molecule has 0 saturated heterocycles. The fraction of sp³-hybridized carbons (Fsp3) is 0. The van der Waals surface area contributed by atoms with Gasteiger partial charge in [-0.05, 0) is 23.1 Å². The first kappa shape index (κ1) is 8.34. The number of azide groups is 1. The molecule has 0 atom stereocenters. The number of hydrogen-bond acceptors (Lipinski definition) is 2. The lowest BCUT2D eigenvalue weighted by Gasteiger charge is -1.97. The van der Waals surface area contributed by atoms with Crippen molar-refractivity contribution in [1.29, 1.82) is 0 Å². The van der Waals surface area contributed by atoms with Crippen LogP contribution in [0.3, 0.4) is 0 Å². The summed E-state index contributed by atoms with van der Waals surface area (Å²) in [5.41, 5.74) is 9.22. The Morgan fingerprint density at radius 3 is 2.86 bits per heavy atom. The average Bonchev–Trinajstić information content (AvgIpc) is 2.17. The van der Waals surface area contributed by atoms with Crippen LogP contribution in [0.25, 0.3) is 21.3 Å². The van der Waals surface area contributed by atoms with Gasteiger partial charge in [0.25, 0.3) is 0 Å². The lowest BCUT2D eigenvalue weighted by molar-refractivity contribution is 1.30. The van der Waals surface area contributed by atoms with E-state index in [1.165, 1.54) is 6.07 Å². The quantitative estimate of drug-likeness (QED) is 0.414. The minimum atomic E-state index is -0.171. The van der Waals surface area contributed by atoms with Crippen molar-refractivity contribution < 1.29 is 0 Å². The zero-order valence-electron chi connectivity index (χ0n) is 7.14. The molecule has 0 amide bonds. The smallest absolute Gasteiger partial charge is 0.248 e. The predicted molar refractivity (Wildman–Crippen MR) is 53.4 cm³/mol. The summed E-state index contributed by atoms with van der Waals surface area (Å²) in [6.07, 6.45) is 0. The number of nitrogens with one attached hydrogen (secondary N) is 1. The normalized spacial score (nSPS) is 9.71.